The molecular weight excluding hydrogens is 477 g/mol. The summed E-state index contributed by atoms with van der Waals surface area (Å²) < 4.78 is 5.38. The number of guanidine groups is 1. The molecule has 1 saturated heterocycles. The van der Waals surface area contributed by atoms with Gasteiger partial charge in [0.15, 0.2) is 5.96 Å². The fourth-order valence-electron chi connectivity index (χ4n) is 3.21. The summed E-state index contributed by atoms with van der Waals surface area (Å²) in [6, 6.07) is 8.91. The average Bonchev–Trinajstić information content (AvgIpc) is 2.71. The van der Waals surface area contributed by atoms with Gasteiger partial charge in [0.05, 0.1) is 6.54 Å². The molecule has 1 aromatic rings. The zero-order valence-corrected chi connectivity index (χ0v) is 20.8. The fourth-order valence-corrected chi connectivity index (χ4v) is 3.21. The van der Waals surface area contributed by atoms with Crippen LogP contribution in [-0.4, -0.2) is 75.3 Å². The van der Waals surface area contributed by atoms with Crippen LogP contribution in [0.25, 0.3) is 0 Å². The van der Waals surface area contributed by atoms with Gasteiger partial charge < -0.3 is 20.3 Å². The topological polar surface area (TPSA) is 52.1 Å². The molecule has 1 heterocycles. The first-order valence-electron chi connectivity index (χ1n) is 10.8. The fraction of sp³-hybridized carbons (Fsp3) is 0.682. The summed E-state index contributed by atoms with van der Waals surface area (Å²) in [6.07, 6.45) is 2.17. The second-order valence-corrected chi connectivity index (χ2v) is 7.42. The number of hydrogen-bond donors (Lipinski definition) is 2. The first-order chi connectivity index (χ1) is 13.7. The molecule has 0 unspecified atom stereocenters. The number of ether oxygens (including phenoxy) is 1. The monoisotopic (exact) mass is 517 g/mol. The minimum absolute atomic E-state index is 0. The predicted molar refractivity (Wildman–Crippen MR) is 133 cm³/mol. The van der Waals surface area contributed by atoms with E-state index in [2.05, 4.69) is 58.7 Å². The van der Waals surface area contributed by atoms with E-state index in [1.54, 1.807) is 0 Å². The molecule has 0 radical (unpaired) electrons. The van der Waals surface area contributed by atoms with E-state index < -0.39 is 0 Å². The van der Waals surface area contributed by atoms with E-state index in [9.17, 15) is 0 Å². The second-order valence-electron chi connectivity index (χ2n) is 7.42. The highest BCUT2D eigenvalue weighted by molar-refractivity contribution is 14.0. The van der Waals surface area contributed by atoms with E-state index in [0.717, 1.165) is 64.7 Å². The van der Waals surface area contributed by atoms with E-state index in [4.69, 9.17) is 9.73 Å². The first-order valence-corrected chi connectivity index (χ1v) is 10.8. The highest BCUT2D eigenvalue weighted by atomic mass is 127. The average molecular weight is 518 g/mol. The van der Waals surface area contributed by atoms with Crippen LogP contribution in [-0.2, 0) is 17.8 Å². The SMILES string of the molecule is CCNC(=NCc1ccc(CN2CCN(C)CC2)cc1)NCCCCOCC.I. The summed E-state index contributed by atoms with van der Waals surface area (Å²) >= 11 is 0. The molecule has 1 fully saturated rings. The van der Waals surface area contributed by atoms with Crippen molar-refractivity contribution < 1.29 is 4.74 Å². The van der Waals surface area contributed by atoms with Gasteiger partial charge in [0.25, 0.3) is 0 Å². The van der Waals surface area contributed by atoms with Crippen molar-refractivity contribution in [2.24, 2.45) is 4.99 Å². The molecule has 166 valence electrons. The van der Waals surface area contributed by atoms with Gasteiger partial charge in [0, 0.05) is 59.0 Å². The van der Waals surface area contributed by atoms with Crippen LogP contribution < -0.4 is 10.6 Å². The Kier molecular flexibility index (Phi) is 14.3. The van der Waals surface area contributed by atoms with Crippen molar-refractivity contribution in [3.05, 3.63) is 35.4 Å². The molecule has 2 N–H and O–H groups in total. The van der Waals surface area contributed by atoms with Crippen molar-refractivity contribution in [3.8, 4) is 0 Å². The Balaban J connectivity index is 0.00000420. The third-order valence-corrected chi connectivity index (χ3v) is 5.00. The van der Waals surface area contributed by atoms with E-state index in [1.165, 1.54) is 24.2 Å². The van der Waals surface area contributed by atoms with Gasteiger partial charge in [-0.2, -0.15) is 0 Å². The molecule has 29 heavy (non-hydrogen) atoms. The molecule has 1 aromatic carbocycles. The third kappa shape index (κ3) is 11.2. The maximum atomic E-state index is 5.38. The Morgan fingerprint density at radius 2 is 1.69 bits per heavy atom. The van der Waals surface area contributed by atoms with Crippen LogP contribution in [0.2, 0.25) is 0 Å². The van der Waals surface area contributed by atoms with Gasteiger partial charge in [-0.15, -0.1) is 24.0 Å². The number of halogens is 1. The maximum Gasteiger partial charge on any atom is 0.191 e. The number of rotatable bonds is 11. The number of piperazine rings is 1. The number of nitrogens with one attached hydrogen (secondary N) is 2. The Labute approximate surface area is 194 Å². The van der Waals surface area contributed by atoms with Crippen LogP contribution in [0.4, 0.5) is 0 Å². The van der Waals surface area contributed by atoms with Gasteiger partial charge in [-0.3, -0.25) is 4.90 Å². The minimum atomic E-state index is 0. The van der Waals surface area contributed by atoms with Gasteiger partial charge in [0.1, 0.15) is 0 Å². The molecule has 0 bridgehead atoms. The molecule has 1 aliphatic heterocycles. The van der Waals surface area contributed by atoms with Gasteiger partial charge in [-0.1, -0.05) is 24.3 Å². The Morgan fingerprint density at radius 1 is 1.00 bits per heavy atom. The van der Waals surface area contributed by atoms with Gasteiger partial charge >= 0.3 is 0 Å². The third-order valence-electron chi connectivity index (χ3n) is 5.00. The number of aliphatic imine (C=N–C) groups is 1. The summed E-state index contributed by atoms with van der Waals surface area (Å²) in [5, 5.41) is 6.73. The van der Waals surface area contributed by atoms with Crippen molar-refractivity contribution in [2.45, 2.75) is 39.8 Å². The zero-order chi connectivity index (χ0) is 20.0. The Morgan fingerprint density at radius 3 is 2.34 bits per heavy atom. The summed E-state index contributed by atoms with van der Waals surface area (Å²) in [5.41, 5.74) is 2.63. The minimum Gasteiger partial charge on any atom is -0.382 e. The van der Waals surface area contributed by atoms with Crippen LogP contribution in [0.5, 0.6) is 0 Å². The van der Waals surface area contributed by atoms with E-state index in [-0.39, 0.29) is 24.0 Å². The molecule has 1 aliphatic rings. The first kappa shape index (κ1) is 26.1. The number of nitrogens with zero attached hydrogens (tertiary/aromatic N) is 3. The number of likely N-dealkylation sites (N-methyl/N-ethyl adjacent to an activating group) is 1. The maximum absolute atomic E-state index is 5.38. The number of unbranched alkanes of at least 4 members (excludes halogenated alkanes) is 1. The van der Waals surface area contributed by atoms with Gasteiger partial charge in [-0.05, 0) is 44.9 Å². The lowest BCUT2D eigenvalue weighted by Gasteiger charge is -2.32. The summed E-state index contributed by atoms with van der Waals surface area (Å²) in [7, 11) is 2.20. The highest BCUT2D eigenvalue weighted by Crippen LogP contribution is 2.10. The normalized spacial score (nSPS) is 15.8. The summed E-state index contributed by atoms with van der Waals surface area (Å²) in [6.45, 7) is 13.9. The largest absolute Gasteiger partial charge is 0.382 e. The van der Waals surface area contributed by atoms with Crippen molar-refractivity contribution >= 4 is 29.9 Å². The van der Waals surface area contributed by atoms with Crippen molar-refractivity contribution in [3.63, 3.8) is 0 Å². The molecular formula is C22H40IN5O. The number of hydrogen-bond acceptors (Lipinski definition) is 4. The van der Waals surface area contributed by atoms with Crippen molar-refractivity contribution in [1.29, 1.82) is 0 Å². The lowest BCUT2D eigenvalue weighted by atomic mass is 10.1. The lowest BCUT2D eigenvalue weighted by molar-refractivity contribution is 0.143. The van der Waals surface area contributed by atoms with Gasteiger partial charge in [0.2, 0.25) is 0 Å². The Bertz CT molecular complexity index is 559. The molecule has 0 spiro atoms. The smallest absolute Gasteiger partial charge is 0.191 e. The molecule has 6 nitrogen and oxygen atoms in total. The molecule has 0 aliphatic carbocycles. The van der Waals surface area contributed by atoms with Crippen LogP contribution >= 0.6 is 24.0 Å². The van der Waals surface area contributed by atoms with E-state index in [0.29, 0.717) is 6.54 Å². The van der Waals surface area contributed by atoms with Crippen LogP contribution in [0, 0.1) is 0 Å². The standard InChI is InChI=1S/C22H39N5O.HI/c1-4-23-22(24-12-6-7-17-28-5-2)25-18-20-8-10-21(11-9-20)19-27-15-13-26(3)14-16-27;/h8-11H,4-7,12-19H2,1-3H3,(H2,23,24,25);1H. The molecule has 0 amide bonds. The molecule has 0 saturated carbocycles. The zero-order valence-electron chi connectivity index (χ0n) is 18.5. The van der Waals surface area contributed by atoms with Crippen molar-refractivity contribution in [1.82, 2.24) is 20.4 Å². The van der Waals surface area contributed by atoms with E-state index >= 15 is 0 Å². The lowest BCUT2D eigenvalue weighted by Crippen LogP contribution is -2.43. The van der Waals surface area contributed by atoms with Crippen molar-refractivity contribution in [2.75, 3.05) is 59.5 Å². The van der Waals surface area contributed by atoms with Crippen LogP contribution in [0.3, 0.4) is 0 Å². The quantitative estimate of drug-likeness (QED) is 0.205. The molecule has 7 heteroatoms. The summed E-state index contributed by atoms with van der Waals surface area (Å²) in [5.74, 6) is 0.889. The number of benzene rings is 1. The summed E-state index contributed by atoms with van der Waals surface area (Å²) in [4.78, 5) is 9.65. The highest BCUT2D eigenvalue weighted by Gasteiger charge is 2.13. The van der Waals surface area contributed by atoms with Crippen LogP contribution in [0.15, 0.2) is 29.3 Å². The van der Waals surface area contributed by atoms with E-state index in [1.807, 2.05) is 6.92 Å². The van der Waals surface area contributed by atoms with Gasteiger partial charge in [-0.25, -0.2) is 4.99 Å². The molecule has 2 rings (SSSR count). The Hall–Kier alpha value is -0.900. The second kappa shape index (κ2) is 15.9. The van der Waals surface area contributed by atoms with Crippen LogP contribution in [0.1, 0.15) is 37.8 Å². The molecule has 0 aromatic heterocycles. The molecule has 0 atom stereocenters. The predicted octanol–water partition coefficient (Wildman–Crippen LogP) is 2.92.